The van der Waals surface area contributed by atoms with Crippen LogP contribution in [0, 0.1) is 5.92 Å². The monoisotopic (exact) mass is 173 g/mol. The molecule has 1 heterocycles. The molecule has 1 aromatic heterocycles. The van der Waals surface area contributed by atoms with E-state index in [9.17, 15) is 0 Å². The van der Waals surface area contributed by atoms with Crippen LogP contribution in [0.3, 0.4) is 0 Å². The summed E-state index contributed by atoms with van der Waals surface area (Å²) >= 11 is 0. The largest absolute Gasteiger partial charge is 0.256 e. The molecule has 0 unspecified atom stereocenters. The third-order valence-corrected chi connectivity index (χ3v) is 2.01. The van der Waals surface area contributed by atoms with Crippen molar-refractivity contribution in [2.24, 2.45) is 5.92 Å². The molecule has 1 rings (SSSR count). The Hall–Kier alpha value is -1.37. The highest BCUT2D eigenvalue weighted by Crippen LogP contribution is 2.07. The first-order valence-corrected chi connectivity index (χ1v) is 4.43. The van der Waals surface area contributed by atoms with Crippen molar-refractivity contribution in [3.63, 3.8) is 0 Å². The van der Waals surface area contributed by atoms with Gasteiger partial charge in [0.2, 0.25) is 0 Å². The van der Waals surface area contributed by atoms with Gasteiger partial charge >= 0.3 is 0 Å². The van der Waals surface area contributed by atoms with Crippen LogP contribution in [0.4, 0.5) is 0 Å². The lowest BCUT2D eigenvalue weighted by Gasteiger charge is -2.04. The Labute approximate surface area is 79.1 Å². The molecule has 0 saturated heterocycles. The molecule has 0 amide bonds. The first kappa shape index (κ1) is 9.72. The third-order valence-electron chi connectivity index (χ3n) is 2.01. The third kappa shape index (κ3) is 2.05. The van der Waals surface area contributed by atoms with Crippen molar-refractivity contribution in [2.45, 2.75) is 13.8 Å². The van der Waals surface area contributed by atoms with E-state index < -0.39 is 0 Å². The average Bonchev–Trinajstić information content (AvgIpc) is 2.09. The second-order valence-corrected chi connectivity index (χ2v) is 3.33. The molecule has 0 spiro atoms. The maximum atomic E-state index is 4.30. The first-order chi connectivity index (χ1) is 6.16. The van der Waals surface area contributed by atoms with E-state index in [-0.39, 0.29) is 0 Å². The molecule has 0 bridgehead atoms. The summed E-state index contributed by atoms with van der Waals surface area (Å²) in [4.78, 5) is 4.30. The average molecular weight is 173 g/mol. The minimum absolute atomic E-state index is 0.438. The fourth-order valence-corrected chi connectivity index (χ4v) is 1.30. The van der Waals surface area contributed by atoms with Gasteiger partial charge in [-0.05, 0) is 22.8 Å². The second kappa shape index (κ2) is 4.04. The number of hydrogen-bond acceptors (Lipinski definition) is 1. The van der Waals surface area contributed by atoms with E-state index in [0.717, 1.165) is 16.1 Å². The van der Waals surface area contributed by atoms with Crippen molar-refractivity contribution in [1.29, 1.82) is 0 Å². The first-order valence-electron chi connectivity index (χ1n) is 4.43. The maximum absolute atomic E-state index is 4.30. The molecule has 1 heteroatoms. The normalized spacial score (nSPS) is 12.8. The zero-order chi connectivity index (χ0) is 9.84. The smallest absolute Gasteiger partial charge is 0.0730 e. The standard InChI is InChI=1S/C12H15N/c1-5-11(9(2)3)12-10(4)7-6-8-13-12/h5-9H,1,4H2,2-3H3/b12-11-. The summed E-state index contributed by atoms with van der Waals surface area (Å²) in [5, 5.41) is 1.93. The lowest BCUT2D eigenvalue weighted by Crippen LogP contribution is -2.29. The highest BCUT2D eigenvalue weighted by atomic mass is 14.6. The zero-order valence-electron chi connectivity index (χ0n) is 8.25. The van der Waals surface area contributed by atoms with E-state index in [1.165, 1.54) is 0 Å². The number of pyridine rings is 1. The number of aromatic nitrogens is 1. The van der Waals surface area contributed by atoms with E-state index in [0.29, 0.717) is 5.92 Å². The lowest BCUT2D eigenvalue weighted by molar-refractivity contribution is 0.849. The quantitative estimate of drug-likeness (QED) is 0.660. The van der Waals surface area contributed by atoms with E-state index >= 15 is 0 Å². The van der Waals surface area contributed by atoms with Gasteiger partial charge in [-0.3, -0.25) is 4.98 Å². The van der Waals surface area contributed by atoms with Crippen molar-refractivity contribution in [2.75, 3.05) is 0 Å². The van der Waals surface area contributed by atoms with E-state index in [4.69, 9.17) is 0 Å². The molecule has 0 radical (unpaired) electrons. The van der Waals surface area contributed by atoms with Gasteiger partial charge in [0.05, 0.1) is 5.35 Å². The number of rotatable bonds is 2. The summed E-state index contributed by atoms with van der Waals surface area (Å²) in [7, 11) is 0. The molecule has 0 saturated carbocycles. The van der Waals surface area contributed by atoms with Crippen LogP contribution in [0.25, 0.3) is 12.2 Å². The highest BCUT2D eigenvalue weighted by molar-refractivity contribution is 5.55. The Balaban J connectivity index is 3.55. The van der Waals surface area contributed by atoms with Crippen molar-refractivity contribution in [3.8, 4) is 0 Å². The molecular formula is C12H15N. The predicted octanol–water partition coefficient (Wildman–Crippen LogP) is 1.48. The molecule has 68 valence electrons. The van der Waals surface area contributed by atoms with Gasteiger partial charge in [-0.25, -0.2) is 0 Å². The summed E-state index contributed by atoms with van der Waals surface area (Å²) in [6, 6.07) is 3.86. The second-order valence-electron chi connectivity index (χ2n) is 3.33. The summed E-state index contributed by atoms with van der Waals surface area (Å²) in [5.41, 5.74) is 1.16. The van der Waals surface area contributed by atoms with Crippen LogP contribution in [0.1, 0.15) is 13.8 Å². The summed E-state index contributed by atoms with van der Waals surface area (Å²) < 4.78 is 0. The van der Waals surface area contributed by atoms with Crippen molar-refractivity contribution in [1.82, 2.24) is 4.98 Å². The summed E-state index contributed by atoms with van der Waals surface area (Å²) in [6.07, 6.45) is 3.65. The van der Waals surface area contributed by atoms with Gasteiger partial charge in [0.1, 0.15) is 0 Å². The molecule has 13 heavy (non-hydrogen) atoms. The Morgan fingerprint density at radius 3 is 2.69 bits per heavy atom. The topological polar surface area (TPSA) is 12.9 Å². The molecular weight excluding hydrogens is 158 g/mol. The molecule has 0 aromatic carbocycles. The van der Waals surface area contributed by atoms with Gasteiger partial charge in [-0.2, -0.15) is 0 Å². The minimum atomic E-state index is 0.438. The van der Waals surface area contributed by atoms with Gasteiger partial charge in [0.15, 0.2) is 0 Å². The van der Waals surface area contributed by atoms with Gasteiger partial charge in [-0.1, -0.05) is 39.1 Å². The van der Waals surface area contributed by atoms with Crippen molar-refractivity contribution >= 4 is 12.2 Å². The number of nitrogens with zero attached hydrogens (tertiary/aromatic N) is 1. The van der Waals surface area contributed by atoms with E-state index in [1.807, 2.05) is 18.2 Å². The highest BCUT2D eigenvalue weighted by Gasteiger charge is 2.00. The van der Waals surface area contributed by atoms with Crippen LogP contribution in [-0.4, -0.2) is 4.98 Å². The van der Waals surface area contributed by atoms with Crippen molar-refractivity contribution in [3.05, 3.63) is 41.6 Å². The van der Waals surface area contributed by atoms with E-state index in [1.54, 1.807) is 6.20 Å². The van der Waals surface area contributed by atoms with Crippen LogP contribution >= 0.6 is 0 Å². The Morgan fingerprint density at radius 2 is 2.23 bits per heavy atom. The molecule has 0 aliphatic heterocycles. The minimum Gasteiger partial charge on any atom is -0.256 e. The lowest BCUT2D eigenvalue weighted by atomic mass is 10.0. The molecule has 0 N–H and O–H groups in total. The Kier molecular flexibility index (Phi) is 3.02. The van der Waals surface area contributed by atoms with Gasteiger partial charge in [0.25, 0.3) is 0 Å². The van der Waals surface area contributed by atoms with E-state index in [2.05, 4.69) is 32.0 Å². The zero-order valence-corrected chi connectivity index (χ0v) is 8.25. The number of hydrogen-bond donors (Lipinski definition) is 0. The van der Waals surface area contributed by atoms with Gasteiger partial charge in [-0.15, -0.1) is 0 Å². The van der Waals surface area contributed by atoms with Crippen molar-refractivity contribution < 1.29 is 0 Å². The van der Waals surface area contributed by atoms with Crippen LogP contribution < -0.4 is 10.6 Å². The fraction of sp³-hybridized carbons (Fsp3) is 0.250. The molecule has 0 aliphatic rings. The summed E-state index contributed by atoms with van der Waals surface area (Å²) in [5.74, 6) is 0.438. The van der Waals surface area contributed by atoms with Crippen LogP contribution in [-0.2, 0) is 0 Å². The van der Waals surface area contributed by atoms with Crippen LogP contribution in [0.5, 0.6) is 0 Å². The van der Waals surface area contributed by atoms with Crippen LogP contribution in [0.15, 0.2) is 31.0 Å². The molecule has 1 aromatic rings. The van der Waals surface area contributed by atoms with Crippen LogP contribution in [0.2, 0.25) is 0 Å². The molecule has 0 fully saturated rings. The maximum Gasteiger partial charge on any atom is 0.0730 e. The number of allylic oxidation sites excluding steroid dienone is 1. The van der Waals surface area contributed by atoms with Gasteiger partial charge in [0, 0.05) is 6.20 Å². The Morgan fingerprint density at radius 1 is 1.54 bits per heavy atom. The Bertz CT molecular complexity index is 401. The molecule has 1 nitrogen and oxygen atoms in total. The predicted molar refractivity (Wildman–Crippen MR) is 57.5 cm³/mol. The summed E-state index contributed by atoms with van der Waals surface area (Å²) in [6.45, 7) is 12.0. The SMILES string of the molecule is C=C/C(=c1/ncccc1=C)C(C)C. The molecule has 0 aliphatic carbocycles. The van der Waals surface area contributed by atoms with Gasteiger partial charge < -0.3 is 0 Å². The fourth-order valence-electron chi connectivity index (χ4n) is 1.30. The molecule has 0 atom stereocenters.